The van der Waals surface area contributed by atoms with Crippen LogP contribution >= 0.6 is 0 Å². The summed E-state index contributed by atoms with van der Waals surface area (Å²) in [7, 11) is 0. The highest BCUT2D eigenvalue weighted by Gasteiger charge is 2.25. The lowest BCUT2D eigenvalue weighted by atomic mass is 9.85. The highest BCUT2D eigenvalue weighted by Crippen LogP contribution is 2.34. The van der Waals surface area contributed by atoms with Crippen LogP contribution in [0.5, 0.6) is 0 Å². The van der Waals surface area contributed by atoms with Gasteiger partial charge >= 0.3 is 5.97 Å². The molecule has 1 aromatic heterocycles. The van der Waals surface area contributed by atoms with Gasteiger partial charge in [0.25, 0.3) is 0 Å². The van der Waals surface area contributed by atoms with Gasteiger partial charge in [-0.05, 0) is 34.4 Å². The van der Waals surface area contributed by atoms with Gasteiger partial charge in [0.05, 0.1) is 11.5 Å². The van der Waals surface area contributed by atoms with E-state index in [1.165, 1.54) is 6.07 Å². The van der Waals surface area contributed by atoms with Gasteiger partial charge in [-0.2, -0.15) is 0 Å². The van der Waals surface area contributed by atoms with Gasteiger partial charge in [-0.15, -0.1) is 0 Å². The van der Waals surface area contributed by atoms with Crippen molar-refractivity contribution < 1.29 is 14.7 Å². The van der Waals surface area contributed by atoms with Crippen LogP contribution in [0.15, 0.2) is 73.1 Å². The summed E-state index contributed by atoms with van der Waals surface area (Å²) in [6, 6.07) is 17.4. The predicted octanol–water partition coefficient (Wildman–Crippen LogP) is 3.06. The van der Waals surface area contributed by atoms with Crippen molar-refractivity contribution in [2.24, 2.45) is 5.73 Å². The van der Waals surface area contributed by atoms with Crippen molar-refractivity contribution in [3.63, 3.8) is 0 Å². The third-order valence-corrected chi connectivity index (χ3v) is 4.02. The minimum Gasteiger partial charge on any atom is -0.478 e. The molecular weight excluding hydrogens is 316 g/mol. The number of hydrogen-bond donors (Lipinski definition) is 2. The average molecular weight is 332 g/mol. The normalized spacial score (nSPS) is 11.7. The Morgan fingerprint density at radius 3 is 2.24 bits per heavy atom. The Bertz CT molecular complexity index is 923. The lowest BCUT2D eigenvalue weighted by molar-refractivity contribution is -0.118. The molecule has 0 aliphatic rings. The van der Waals surface area contributed by atoms with Crippen LogP contribution in [0.1, 0.15) is 27.4 Å². The number of pyridine rings is 1. The van der Waals surface area contributed by atoms with Gasteiger partial charge in [0, 0.05) is 12.4 Å². The van der Waals surface area contributed by atoms with Crippen LogP contribution in [0.25, 0.3) is 11.1 Å². The second kappa shape index (κ2) is 6.97. The quantitative estimate of drug-likeness (QED) is 0.751. The van der Waals surface area contributed by atoms with Crippen LogP contribution in [0.3, 0.4) is 0 Å². The molecule has 0 saturated heterocycles. The van der Waals surface area contributed by atoms with E-state index in [1.807, 2.05) is 0 Å². The maximum absolute atomic E-state index is 12.2. The topological polar surface area (TPSA) is 93.3 Å². The summed E-state index contributed by atoms with van der Waals surface area (Å²) in [6.45, 7) is 0. The van der Waals surface area contributed by atoms with Gasteiger partial charge in [-0.25, -0.2) is 4.79 Å². The second-order valence-electron chi connectivity index (χ2n) is 5.56. The third kappa shape index (κ3) is 3.26. The molecule has 2 aromatic carbocycles. The molecule has 0 aliphatic heterocycles. The molecular formula is C20H16N2O3. The molecule has 0 radical (unpaired) electrons. The molecule has 0 bridgehead atoms. The fraction of sp³-hybridized carbons (Fsp3) is 0.0500. The van der Waals surface area contributed by atoms with Gasteiger partial charge in [0.2, 0.25) is 5.91 Å². The van der Waals surface area contributed by atoms with E-state index < -0.39 is 17.8 Å². The molecule has 1 atom stereocenters. The summed E-state index contributed by atoms with van der Waals surface area (Å²) >= 11 is 0. The lowest BCUT2D eigenvalue weighted by Gasteiger charge is -2.19. The number of nitrogens with two attached hydrogens (primary N) is 1. The number of carboxylic acids is 1. The van der Waals surface area contributed by atoms with E-state index in [0.29, 0.717) is 22.3 Å². The number of amides is 1. The number of carboxylic acid groups (broad SMARTS) is 1. The highest BCUT2D eigenvalue weighted by atomic mass is 16.4. The number of rotatable bonds is 5. The molecule has 124 valence electrons. The molecule has 5 heteroatoms. The molecule has 3 rings (SSSR count). The lowest BCUT2D eigenvalue weighted by Crippen LogP contribution is -2.23. The van der Waals surface area contributed by atoms with Gasteiger partial charge in [-0.3, -0.25) is 9.78 Å². The van der Waals surface area contributed by atoms with Crippen LogP contribution in [-0.4, -0.2) is 22.0 Å². The van der Waals surface area contributed by atoms with Crippen molar-refractivity contribution in [1.29, 1.82) is 0 Å². The molecule has 1 heterocycles. The number of aromatic nitrogens is 1. The molecule has 1 amide bonds. The number of aromatic carboxylic acids is 1. The Labute approximate surface area is 144 Å². The smallest absolute Gasteiger partial charge is 0.336 e. The van der Waals surface area contributed by atoms with Crippen LogP contribution in [0.4, 0.5) is 0 Å². The van der Waals surface area contributed by atoms with E-state index in [2.05, 4.69) is 4.98 Å². The van der Waals surface area contributed by atoms with Gasteiger partial charge in [0.15, 0.2) is 0 Å². The predicted molar refractivity (Wildman–Crippen MR) is 94.1 cm³/mol. The summed E-state index contributed by atoms with van der Waals surface area (Å²) in [5.74, 6) is -2.26. The molecule has 25 heavy (non-hydrogen) atoms. The van der Waals surface area contributed by atoms with E-state index in [1.54, 1.807) is 67.0 Å². The molecule has 5 nitrogen and oxygen atoms in total. The first-order chi connectivity index (χ1) is 12.1. The van der Waals surface area contributed by atoms with Crippen LogP contribution < -0.4 is 5.73 Å². The minimum absolute atomic E-state index is 0.171. The zero-order valence-corrected chi connectivity index (χ0v) is 13.3. The van der Waals surface area contributed by atoms with E-state index in [4.69, 9.17) is 5.73 Å². The first-order valence-corrected chi connectivity index (χ1v) is 7.70. The number of carbonyl (C=O) groups excluding carboxylic acids is 1. The number of nitrogens with zero attached hydrogens (tertiary/aromatic N) is 1. The number of hydrogen-bond acceptors (Lipinski definition) is 3. The summed E-state index contributed by atoms with van der Waals surface area (Å²) in [5.41, 5.74) is 8.35. The molecule has 0 saturated carbocycles. The zero-order valence-electron chi connectivity index (χ0n) is 13.3. The average Bonchev–Trinajstić information content (AvgIpc) is 2.63. The van der Waals surface area contributed by atoms with E-state index >= 15 is 0 Å². The second-order valence-corrected chi connectivity index (χ2v) is 5.56. The summed E-state index contributed by atoms with van der Waals surface area (Å²) < 4.78 is 0. The van der Waals surface area contributed by atoms with E-state index in [9.17, 15) is 14.7 Å². The van der Waals surface area contributed by atoms with Crippen molar-refractivity contribution in [2.75, 3.05) is 0 Å². The molecule has 3 N–H and O–H groups in total. The number of benzene rings is 2. The monoisotopic (exact) mass is 332 g/mol. The van der Waals surface area contributed by atoms with Gasteiger partial charge < -0.3 is 10.8 Å². The molecule has 3 aromatic rings. The Morgan fingerprint density at radius 2 is 1.60 bits per heavy atom. The van der Waals surface area contributed by atoms with Crippen molar-refractivity contribution >= 4 is 11.9 Å². The molecule has 0 spiro atoms. The van der Waals surface area contributed by atoms with Crippen molar-refractivity contribution in [3.8, 4) is 11.1 Å². The molecule has 0 aliphatic carbocycles. The Hall–Kier alpha value is -3.47. The maximum Gasteiger partial charge on any atom is 0.336 e. The standard InChI is InChI=1S/C20H16N2O3/c21-19(23)18(13-6-5-11-22-12-13)16-9-3-1-7-14(16)15-8-2-4-10-17(15)20(24)25/h1-12,18H,(H2,21,23)(H,24,25). The Kier molecular flexibility index (Phi) is 4.57. The largest absolute Gasteiger partial charge is 0.478 e. The number of primary amides is 1. The molecule has 1 unspecified atom stereocenters. The Balaban J connectivity index is 2.23. The third-order valence-electron chi connectivity index (χ3n) is 4.02. The fourth-order valence-corrected chi connectivity index (χ4v) is 2.94. The first-order valence-electron chi connectivity index (χ1n) is 7.70. The van der Waals surface area contributed by atoms with Gasteiger partial charge in [-0.1, -0.05) is 48.5 Å². The van der Waals surface area contributed by atoms with Crippen LogP contribution in [0.2, 0.25) is 0 Å². The Morgan fingerprint density at radius 1 is 0.920 bits per heavy atom. The van der Waals surface area contributed by atoms with Gasteiger partial charge in [0.1, 0.15) is 0 Å². The zero-order chi connectivity index (χ0) is 17.8. The van der Waals surface area contributed by atoms with Crippen molar-refractivity contribution in [2.45, 2.75) is 5.92 Å². The first kappa shape index (κ1) is 16.4. The highest BCUT2D eigenvalue weighted by molar-refractivity contribution is 5.97. The molecule has 0 fully saturated rings. The van der Waals surface area contributed by atoms with Crippen LogP contribution in [0, 0.1) is 0 Å². The maximum atomic E-state index is 12.2. The summed E-state index contributed by atoms with van der Waals surface area (Å²) in [6.07, 6.45) is 3.21. The van der Waals surface area contributed by atoms with E-state index in [-0.39, 0.29) is 5.56 Å². The minimum atomic E-state index is -1.03. The van der Waals surface area contributed by atoms with Crippen molar-refractivity contribution in [3.05, 3.63) is 89.7 Å². The SMILES string of the molecule is NC(=O)C(c1cccnc1)c1ccccc1-c1ccccc1C(=O)O. The summed E-state index contributed by atoms with van der Waals surface area (Å²) in [4.78, 5) is 27.8. The van der Waals surface area contributed by atoms with Crippen LogP contribution in [-0.2, 0) is 4.79 Å². The fourth-order valence-electron chi connectivity index (χ4n) is 2.94. The van der Waals surface area contributed by atoms with Crippen molar-refractivity contribution in [1.82, 2.24) is 4.98 Å². The summed E-state index contributed by atoms with van der Waals surface area (Å²) in [5, 5.41) is 9.48. The number of carbonyl (C=O) groups is 2. The van der Waals surface area contributed by atoms with E-state index in [0.717, 1.165) is 0 Å².